The molecule has 0 spiro atoms. The molecule has 3 aromatic rings. The number of ether oxygens (including phenoxy) is 1. The number of para-hydroxylation sites is 2. The summed E-state index contributed by atoms with van der Waals surface area (Å²) in [5.74, 6) is 1.26. The molecule has 2 N–H and O–H groups in total. The lowest BCUT2D eigenvalue weighted by Gasteiger charge is -2.10. The zero-order valence-electron chi connectivity index (χ0n) is 13.8. The molecule has 0 fully saturated rings. The number of hydrogen-bond acceptors (Lipinski definition) is 7. The van der Waals surface area contributed by atoms with Gasteiger partial charge in [-0.2, -0.15) is 0 Å². The van der Waals surface area contributed by atoms with Crippen LogP contribution in [0.1, 0.15) is 5.56 Å². The van der Waals surface area contributed by atoms with E-state index >= 15 is 0 Å². The summed E-state index contributed by atoms with van der Waals surface area (Å²) in [6.45, 7) is 2.30. The molecule has 2 aromatic carbocycles. The van der Waals surface area contributed by atoms with Crippen LogP contribution < -0.4 is 10.1 Å². The van der Waals surface area contributed by atoms with Gasteiger partial charge in [-0.3, -0.25) is 0 Å². The molecule has 1 heterocycles. The summed E-state index contributed by atoms with van der Waals surface area (Å²) in [6, 6.07) is 17.5. The third-order valence-electron chi connectivity index (χ3n) is 3.38. The monoisotopic (exact) mass is 373 g/mol. The molecular formula is C18H19N3O2S2. The summed E-state index contributed by atoms with van der Waals surface area (Å²) >= 11 is 2.94. The standard InChI is InChI=1S/C18H19N3O2S2/c1-13-7-5-6-10-16(13)19-17-20-21-18(25-17)24-12-14(22)11-23-15-8-3-2-4-9-15/h2-10,14,22H,11-12H2,1H3,(H,19,20)/t14-/m0/s1. The number of nitrogens with zero attached hydrogens (tertiary/aromatic N) is 2. The lowest BCUT2D eigenvalue weighted by atomic mass is 10.2. The predicted molar refractivity (Wildman–Crippen MR) is 103 cm³/mol. The van der Waals surface area contributed by atoms with Gasteiger partial charge in [0.15, 0.2) is 4.34 Å². The van der Waals surface area contributed by atoms with E-state index in [9.17, 15) is 5.11 Å². The summed E-state index contributed by atoms with van der Waals surface area (Å²) in [6.07, 6.45) is -0.568. The average molecular weight is 374 g/mol. The maximum absolute atomic E-state index is 10.0. The van der Waals surface area contributed by atoms with Gasteiger partial charge in [-0.25, -0.2) is 0 Å². The summed E-state index contributed by atoms with van der Waals surface area (Å²) in [4.78, 5) is 0. The van der Waals surface area contributed by atoms with Crippen molar-refractivity contribution < 1.29 is 9.84 Å². The van der Waals surface area contributed by atoms with Crippen molar-refractivity contribution in [1.82, 2.24) is 10.2 Å². The molecule has 1 atom stereocenters. The first-order valence-electron chi connectivity index (χ1n) is 7.85. The van der Waals surface area contributed by atoms with Crippen LogP contribution in [-0.2, 0) is 0 Å². The second-order valence-electron chi connectivity index (χ2n) is 5.40. The summed E-state index contributed by atoms with van der Waals surface area (Å²) in [5.41, 5.74) is 2.17. The van der Waals surface area contributed by atoms with E-state index in [1.165, 1.54) is 23.1 Å². The highest BCUT2D eigenvalue weighted by Gasteiger charge is 2.10. The Labute approximate surface area is 155 Å². The van der Waals surface area contributed by atoms with Gasteiger partial charge in [0, 0.05) is 11.4 Å². The van der Waals surface area contributed by atoms with E-state index < -0.39 is 6.10 Å². The van der Waals surface area contributed by atoms with Crippen molar-refractivity contribution in [3.8, 4) is 5.75 Å². The maximum Gasteiger partial charge on any atom is 0.210 e. The fourth-order valence-corrected chi connectivity index (χ4v) is 3.77. The molecule has 0 bridgehead atoms. The Balaban J connectivity index is 1.46. The van der Waals surface area contributed by atoms with Crippen LogP contribution in [0.2, 0.25) is 0 Å². The predicted octanol–water partition coefficient (Wildman–Crippen LogP) is 4.12. The van der Waals surface area contributed by atoms with Crippen molar-refractivity contribution >= 4 is 33.9 Å². The normalized spacial score (nSPS) is 11.9. The van der Waals surface area contributed by atoms with Gasteiger partial charge >= 0.3 is 0 Å². The minimum Gasteiger partial charge on any atom is -0.491 e. The molecule has 7 heteroatoms. The van der Waals surface area contributed by atoms with Crippen molar-refractivity contribution in [2.24, 2.45) is 0 Å². The SMILES string of the molecule is Cc1ccccc1Nc1nnc(SC[C@@H](O)COc2ccccc2)s1. The summed E-state index contributed by atoms with van der Waals surface area (Å²) in [5, 5.41) is 22.4. The Hall–Kier alpha value is -2.09. The van der Waals surface area contributed by atoms with Gasteiger partial charge in [-0.05, 0) is 30.7 Å². The first-order chi connectivity index (χ1) is 12.2. The van der Waals surface area contributed by atoms with Gasteiger partial charge in [-0.1, -0.05) is 59.5 Å². The third-order valence-corrected chi connectivity index (χ3v) is 5.49. The van der Waals surface area contributed by atoms with E-state index in [0.29, 0.717) is 5.75 Å². The number of hydrogen-bond donors (Lipinski definition) is 2. The molecule has 3 rings (SSSR count). The van der Waals surface area contributed by atoms with E-state index in [0.717, 1.165) is 26.5 Å². The Morgan fingerprint density at radius 3 is 2.68 bits per heavy atom. The van der Waals surface area contributed by atoms with Crippen LogP contribution in [0.3, 0.4) is 0 Å². The van der Waals surface area contributed by atoms with Crippen molar-refractivity contribution in [3.63, 3.8) is 0 Å². The van der Waals surface area contributed by atoms with Gasteiger partial charge in [-0.15, -0.1) is 10.2 Å². The maximum atomic E-state index is 10.0. The minimum absolute atomic E-state index is 0.254. The third kappa shape index (κ3) is 5.45. The molecule has 130 valence electrons. The van der Waals surface area contributed by atoms with E-state index in [-0.39, 0.29) is 6.61 Å². The molecule has 0 aliphatic heterocycles. The van der Waals surface area contributed by atoms with Gasteiger partial charge in [0.1, 0.15) is 12.4 Å². The highest BCUT2D eigenvalue weighted by molar-refractivity contribution is 8.01. The number of thioether (sulfide) groups is 1. The number of aliphatic hydroxyl groups excluding tert-OH is 1. The summed E-state index contributed by atoms with van der Waals surface area (Å²) < 4.78 is 6.36. The molecule has 25 heavy (non-hydrogen) atoms. The van der Waals surface area contributed by atoms with Crippen LogP contribution in [0, 0.1) is 6.92 Å². The zero-order chi connectivity index (χ0) is 17.5. The van der Waals surface area contributed by atoms with Crippen LogP contribution in [0.4, 0.5) is 10.8 Å². The smallest absolute Gasteiger partial charge is 0.210 e. The van der Waals surface area contributed by atoms with Gasteiger partial charge in [0.25, 0.3) is 0 Å². The number of aliphatic hydroxyl groups is 1. The van der Waals surface area contributed by atoms with Gasteiger partial charge in [0.2, 0.25) is 5.13 Å². The number of benzene rings is 2. The van der Waals surface area contributed by atoms with E-state index in [1.807, 2.05) is 61.5 Å². The first kappa shape index (κ1) is 17.7. The largest absolute Gasteiger partial charge is 0.491 e. The Bertz CT molecular complexity index is 796. The molecule has 0 aliphatic carbocycles. The van der Waals surface area contributed by atoms with E-state index in [4.69, 9.17) is 4.74 Å². The van der Waals surface area contributed by atoms with Crippen molar-refractivity contribution in [1.29, 1.82) is 0 Å². The van der Waals surface area contributed by atoms with Crippen LogP contribution in [0.15, 0.2) is 58.9 Å². The first-order valence-corrected chi connectivity index (χ1v) is 9.66. The Kier molecular flexibility index (Phi) is 6.27. The highest BCUT2D eigenvalue weighted by atomic mass is 32.2. The van der Waals surface area contributed by atoms with Gasteiger partial charge < -0.3 is 15.2 Å². The molecule has 0 saturated carbocycles. The fraction of sp³-hybridized carbons (Fsp3) is 0.222. The fourth-order valence-electron chi connectivity index (χ4n) is 2.07. The Morgan fingerprint density at radius 1 is 1.12 bits per heavy atom. The number of anilines is 2. The highest BCUT2D eigenvalue weighted by Crippen LogP contribution is 2.29. The molecule has 0 unspecified atom stereocenters. The van der Waals surface area contributed by atoms with Crippen LogP contribution in [0.25, 0.3) is 0 Å². The number of aryl methyl sites for hydroxylation is 1. The Morgan fingerprint density at radius 2 is 1.88 bits per heavy atom. The van der Waals surface area contributed by atoms with Crippen LogP contribution in [0.5, 0.6) is 5.75 Å². The lowest BCUT2D eigenvalue weighted by molar-refractivity contribution is 0.126. The number of aromatic nitrogens is 2. The van der Waals surface area contributed by atoms with Crippen molar-refractivity contribution in [2.45, 2.75) is 17.4 Å². The zero-order valence-corrected chi connectivity index (χ0v) is 15.4. The quantitative estimate of drug-likeness (QED) is 0.579. The molecule has 5 nitrogen and oxygen atoms in total. The van der Waals surface area contributed by atoms with Crippen molar-refractivity contribution in [2.75, 3.05) is 17.7 Å². The molecule has 0 aliphatic rings. The van der Waals surface area contributed by atoms with Gasteiger partial charge in [0.05, 0.1) is 6.10 Å². The number of nitrogens with one attached hydrogen (secondary N) is 1. The molecule has 0 amide bonds. The molecule has 1 aromatic heterocycles. The van der Waals surface area contributed by atoms with E-state index in [1.54, 1.807) is 0 Å². The topological polar surface area (TPSA) is 67.3 Å². The number of rotatable bonds is 8. The van der Waals surface area contributed by atoms with Crippen LogP contribution >= 0.6 is 23.1 Å². The second-order valence-corrected chi connectivity index (χ2v) is 7.65. The van der Waals surface area contributed by atoms with Crippen LogP contribution in [-0.4, -0.2) is 33.8 Å². The minimum atomic E-state index is -0.568. The summed E-state index contributed by atoms with van der Waals surface area (Å²) in [7, 11) is 0. The average Bonchev–Trinajstić information content (AvgIpc) is 3.08. The molecule has 0 saturated heterocycles. The molecular weight excluding hydrogens is 354 g/mol. The lowest BCUT2D eigenvalue weighted by Crippen LogP contribution is -2.19. The van der Waals surface area contributed by atoms with E-state index in [2.05, 4.69) is 15.5 Å². The van der Waals surface area contributed by atoms with Crippen molar-refractivity contribution in [3.05, 3.63) is 60.2 Å². The second kappa shape index (κ2) is 8.84. The molecule has 0 radical (unpaired) electrons.